The molecule has 2 aromatic heterocycles. The highest BCUT2D eigenvalue weighted by Gasteiger charge is 2.37. The van der Waals surface area contributed by atoms with Gasteiger partial charge < -0.3 is 26.3 Å². The van der Waals surface area contributed by atoms with Gasteiger partial charge in [0.05, 0.1) is 12.0 Å². The molecule has 11 heteroatoms. The Kier molecular flexibility index (Phi) is 7.34. The highest BCUT2D eigenvalue weighted by atomic mass is 32.1. The maximum atomic E-state index is 13.7. The maximum absolute atomic E-state index is 13.7. The van der Waals surface area contributed by atoms with Crippen LogP contribution in [0.4, 0.5) is 11.4 Å². The van der Waals surface area contributed by atoms with Crippen molar-refractivity contribution < 1.29 is 23.9 Å². The number of amides is 3. The Balaban J connectivity index is 2.10. The summed E-state index contributed by atoms with van der Waals surface area (Å²) in [6, 6.07) is 7.80. The summed E-state index contributed by atoms with van der Waals surface area (Å²) in [6.07, 6.45) is 2.13. The van der Waals surface area contributed by atoms with Crippen LogP contribution in [-0.2, 0) is 4.79 Å². The number of aromatic hydroxyl groups is 1. The van der Waals surface area contributed by atoms with E-state index in [1.54, 1.807) is 18.2 Å². The fraction of sp³-hybridized carbons (Fsp3) is 0.273. The number of phenols is 1. The van der Waals surface area contributed by atoms with Gasteiger partial charge in [0.2, 0.25) is 0 Å². The number of primary amides is 1. The molecule has 3 rings (SSSR count). The lowest BCUT2D eigenvalue weighted by Crippen LogP contribution is -2.44. The van der Waals surface area contributed by atoms with Crippen LogP contribution >= 0.6 is 11.5 Å². The molecule has 0 saturated carbocycles. The summed E-state index contributed by atoms with van der Waals surface area (Å²) in [4.78, 5) is 39.7. The fourth-order valence-electron chi connectivity index (χ4n) is 3.17. The molecule has 174 valence electrons. The van der Waals surface area contributed by atoms with Gasteiger partial charge in [-0.25, -0.2) is 0 Å². The molecular formula is C22H25N5O5S. The van der Waals surface area contributed by atoms with Gasteiger partial charge in [0, 0.05) is 18.3 Å². The van der Waals surface area contributed by atoms with E-state index in [4.69, 9.17) is 15.9 Å². The number of nitrogen functional groups attached to an aromatic ring is 1. The van der Waals surface area contributed by atoms with Crippen LogP contribution in [0.1, 0.15) is 52.2 Å². The zero-order valence-electron chi connectivity index (χ0n) is 18.1. The number of phenolic OH excluding ortho intramolecular Hbond substituents is 1. The number of hydrogen-bond donors (Lipinski definition) is 4. The van der Waals surface area contributed by atoms with Gasteiger partial charge in [-0.3, -0.25) is 19.3 Å². The van der Waals surface area contributed by atoms with E-state index in [-0.39, 0.29) is 33.5 Å². The van der Waals surface area contributed by atoms with E-state index >= 15 is 0 Å². The predicted molar refractivity (Wildman–Crippen MR) is 124 cm³/mol. The number of aromatic nitrogens is 1. The lowest BCUT2D eigenvalue weighted by molar-refractivity contribution is -0.122. The predicted octanol–water partition coefficient (Wildman–Crippen LogP) is 2.67. The SMILES string of the molecule is CC(C)CCNC(=O)[C@H](c1ccco1)N(C(=O)c1snc(C(N)=O)c1N)c1cccc(O)c1. The highest BCUT2D eigenvalue weighted by Crippen LogP contribution is 2.34. The minimum Gasteiger partial charge on any atom is -0.508 e. The highest BCUT2D eigenvalue weighted by molar-refractivity contribution is 7.09. The van der Waals surface area contributed by atoms with Crippen LogP contribution < -0.4 is 21.7 Å². The quantitative estimate of drug-likeness (QED) is 0.372. The van der Waals surface area contributed by atoms with Gasteiger partial charge in [-0.1, -0.05) is 19.9 Å². The Morgan fingerprint density at radius 1 is 1.24 bits per heavy atom. The van der Waals surface area contributed by atoms with Crippen molar-refractivity contribution in [2.75, 3.05) is 17.2 Å². The Hall–Kier alpha value is -3.86. The van der Waals surface area contributed by atoms with Crippen LogP contribution in [0.2, 0.25) is 0 Å². The van der Waals surface area contributed by atoms with Gasteiger partial charge in [0.15, 0.2) is 11.7 Å². The molecule has 0 bridgehead atoms. The molecule has 33 heavy (non-hydrogen) atoms. The summed E-state index contributed by atoms with van der Waals surface area (Å²) >= 11 is 0.696. The van der Waals surface area contributed by atoms with E-state index in [2.05, 4.69) is 9.69 Å². The number of rotatable bonds is 9. The van der Waals surface area contributed by atoms with Crippen molar-refractivity contribution in [1.29, 1.82) is 0 Å². The Bertz CT molecular complexity index is 1140. The first-order chi connectivity index (χ1) is 15.7. The topological polar surface area (TPSA) is 165 Å². The third-order valence-corrected chi connectivity index (χ3v) is 5.67. The first-order valence-electron chi connectivity index (χ1n) is 10.2. The van der Waals surface area contributed by atoms with Gasteiger partial charge in [-0.15, -0.1) is 0 Å². The average molecular weight is 472 g/mol. The van der Waals surface area contributed by atoms with Crippen molar-refractivity contribution in [3.63, 3.8) is 0 Å². The summed E-state index contributed by atoms with van der Waals surface area (Å²) in [6.45, 7) is 4.45. The number of nitrogens with one attached hydrogen (secondary N) is 1. The van der Waals surface area contributed by atoms with Gasteiger partial charge in [-0.2, -0.15) is 4.37 Å². The van der Waals surface area contributed by atoms with E-state index in [1.165, 1.54) is 24.5 Å². The molecule has 6 N–H and O–H groups in total. The Labute approximate surface area is 194 Å². The Morgan fingerprint density at radius 2 is 2.00 bits per heavy atom. The molecule has 0 unspecified atom stereocenters. The van der Waals surface area contributed by atoms with Crippen molar-refractivity contribution in [2.45, 2.75) is 26.3 Å². The third-order valence-electron chi connectivity index (χ3n) is 4.82. The molecule has 0 aliphatic heterocycles. The molecule has 0 saturated heterocycles. The van der Waals surface area contributed by atoms with Crippen molar-refractivity contribution in [2.24, 2.45) is 11.7 Å². The van der Waals surface area contributed by atoms with Crippen LogP contribution in [0.15, 0.2) is 47.1 Å². The lowest BCUT2D eigenvalue weighted by atomic mass is 10.1. The largest absolute Gasteiger partial charge is 0.508 e. The number of carbonyl (C=O) groups excluding carboxylic acids is 3. The molecule has 1 aromatic carbocycles. The molecule has 3 aromatic rings. The average Bonchev–Trinajstić information content (AvgIpc) is 3.40. The van der Waals surface area contributed by atoms with Gasteiger partial charge in [0.25, 0.3) is 17.7 Å². The molecule has 10 nitrogen and oxygen atoms in total. The maximum Gasteiger partial charge on any atom is 0.273 e. The smallest absolute Gasteiger partial charge is 0.273 e. The third kappa shape index (κ3) is 5.32. The molecule has 3 amide bonds. The minimum absolute atomic E-state index is 0.0707. The number of anilines is 2. The number of carbonyl (C=O) groups is 3. The van der Waals surface area contributed by atoms with Crippen molar-refractivity contribution in [3.8, 4) is 5.75 Å². The van der Waals surface area contributed by atoms with Crippen LogP contribution in [0, 0.1) is 5.92 Å². The van der Waals surface area contributed by atoms with E-state index in [9.17, 15) is 19.5 Å². The first-order valence-corrected chi connectivity index (χ1v) is 11.0. The van der Waals surface area contributed by atoms with Crippen molar-refractivity contribution >= 4 is 40.6 Å². The molecule has 0 spiro atoms. The van der Waals surface area contributed by atoms with E-state index < -0.39 is 23.8 Å². The van der Waals surface area contributed by atoms with Crippen LogP contribution in [0.5, 0.6) is 5.75 Å². The zero-order chi connectivity index (χ0) is 24.1. The lowest BCUT2D eigenvalue weighted by Gasteiger charge is -2.29. The second-order valence-corrected chi connectivity index (χ2v) is 8.50. The minimum atomic E-state index is -1.22. The molecule has 0 fully saturated rings. The van der Waals surface area contributed by atoms with Crippen molar-refractivity contribution in [1.82, 2.24) is 9.69 Å². The molecule has 0 aliphatic carbocycles. The monoisotopic (exact) mass is 471 g/mol. The van der Waals surface area contributed by atoms with E-state index in [1.807, 2.05) is 13.8 Å². The van der Waals surface area contributed by atoms with Crippen LogP contribution in [0.25, 0.3) is 0 Å². The number of furan rings is 1. The molecule has 0 radical (unpaired) electrons. The van der Waals surface area contributed by atoms with Crippen LogP contribution in [0.3, 0.4) is 0 Å². The van der Waals surface area contributed by atoms with E-state index in [0.29, 0.717) is 24.0 Å². The standard InChI is InChI=1S/C22H25N5O5S/c1-12(2)8-9-25-21(30)18(15-7-4-10-32-15)27(13-5-3-6-14(28)11-13)22(31)19-16(23)17(20(24)29)26-33-19/h3-7,10-12,18,28H,8-9,23H2,1-2H3,(H2,24,29)(H,25,30)/t18-/m0/s1. The zero-order valence-corrected chi connectivity index (χ0v) is 19.0. The Morgan fingerprint density at radius 3 is 2.58 bits per heavy atom. The van der Waals surface area contributed by atoms with Crippen molar-refractivity contribution in [3.05, 3.63) is 59.0 Å². The van der Waals surface area contributed by atoms with Crippen LogP contribution in [-0.4, -0.2) is 33.7 Å². The number of nitrogens with two attached hydrogens (primary N) is 2. The number of hydrogen-bond acceptors (Lipinski definition) is 8. The molecule has 1 atom stereocenters. The van der Waals surface area contributed by atoms with Gasteiger partial charge >= 0.3 is 0 Å². The number of benzene rings is 1. The molecule has 0 aliphatic rings. The second-order valence-electron chi connectivity index (χ2n) is 7.72. The summed E-state index contributed by atoms with van der Waals surface area (Å²) in [7, 11) is 0. The first kappa shape index (κ1) is 23.8. The molecule has 2 heterocycles. The summed E-state index contributed by atoms with van der Waals surface area (Å²) in [5.74, 6) is -1.61. The fourth-order valence-corrected chi connectivity index (χ4v) is 3.91. The van der Waals surface area contributed by atoms with Gasteiger partial charge in [0.1, 0.15) is 16.4 Å². The summed E-state index contributed by atoms with van der Waals surface area (Å²) in [5.41, 5.74) is 11.1. The van der Waals surface area contributed by atoms with Gasteiger partial charge in [-0.05, 0) is 48.1 Å². The second kappa shape index (κ2) is 10.2. The number of nitrogens with zero attached hydrogens (tertiary/aromatic N) is 2. The summed E-state index contributed by atoms with van der Waals surface area (Å²) < 4.78 is 9.39. The van der Waals surface area contributed by atoms with E-state index in [0.717, 1.165) is 11.3 Å². The normalized spacial score (nSPS) is 11.8. The molecular weight excluding hydrogens is 446 g/mol. The summed E-state index contributed by atoms with van der Waals surface area (Å²) in [5, 5.41) is 12.9.